The zero-order valence-electron chi connectivity index (χ0n) is 15.5. The Bertz CT molecular complexity index is 1040. The molecule has 0 radical (unpaired) electrons. The molecule has 10 heteroatoms. The number of ether oxygens (including phenoxy) is 1. The number of Topliss-reactive ketones (excluding diaryl/α,β-unsaturated/α-hetero) is 1. The SMILES string of the molecule is COC(=O)c1c(CC(=O)Nc2cccnc2-n2cncn2)[nH]c(C(C)=O)c1C. The average Bonchev–Trinajstić information content (AvgIpc) is 3.30. The van der Waals surface area contributed by atoms with Crippen LogP contribution in [0.3, 0.4) is 0 Å². The van der Waals surface area contributed by atoms with Gasteiger partial charge in [0.05, 0.1) is 30.5 Å². The number of amides is 1. The summed E-state index contributed by atoms with van der Waals surface area (Å²) in [6.45, 7) is 3.01. The second-order valence-electron chi connectivity index (χ2n) is 5.97. The molecule has 28 heavy (non-hydrogen) atoms. The first-order valence-electron chi connectivity index (χ1n) is 8.33. The molecule has 0 fully saturated rings. The summed E-state index contributed by atoms with van der Waals surface area (Å²) in [6, 6.07) is 3.34. The van der Waals surface area contributed by atoms with E-state index in [1.54, 1.807) is 25.3 Å². The summed E-state index contributed by atoms with van der Waals surface area (Å²) < 4.78 is 6.21. The van der Waals surface area contributed by atoms with Gasteiger partial charge in [-0.1, -0.05) is 0 Å². The fraction of sp³-hybridized carbons (Fsp3) is 0.222. The Morgan fingerprint density at radius 2 is 2.11 bits per heavy atom. The Morgan fingerprint density at radius 1 is 1.32 bits per heavy atom. The lowest BCUT2D eigenvalue weighted by Crippen LogP contribution is -2.18. The topological polar surface area (TPSA) is 132 Å². The normalized spacial score (nSPS) is 10.5. The van der Waals surface area contributed by atoms with Crippen LogP contribution in [0.4, 0.5) is 5.69 Å². The smallest absolute Gasteiger partial charge is 0.339 e. The van der Waals surface area contributed by atoms with Gasteiger partial charge in [0.1, 0.15) is 12.7 Å². The van der Waals surface area contributed by atoms with Gasteiger partial charge in [-0.25, -0.2) is 19.4 Å². The van der Waals surface area contributed by atoms with Crippen molar-refractivity contribution in [3.63, 3.8) is 0 Å². The number of esters is 1. The summed E-state index contributed by atoms with van der Waals surface area (Å²) in [5.74, 6) is -0.867. The van der Waals surface area contributed by atoms with Gasteiger partial charge in [-0.2, -0.15) is 5.10 Å². The molecule has 144 valence electrons. The van der Waals surface area contributed by atoms with Crippen molar-refractivity contribution in [2.75, 3.05) is 12.4 Å². The van der Waals surface area contributed by atoms with Gasteiger partial charge < -0.3 is 15.0 Å². The van der Waals surface area contributed by atoms with Crippen molar-refractivity contribution in [2.45, 2.75) is 20.3 Å². The molecule has 0 bridgehead atoms. The molecule has 1 amide bonds. The van der Waals surface area contributed by atoms with E-state index in [9.17, 15) is 14.4 Å². The van der Waals surface area contributed by atoms with Crippen molar-refractivity contribution in [2.24, 2.45) is 0 Å². The first kappa shape index (κ1) is 19.0. The molecule has 0 aliphatic carbocycles. The minimum Gasteiger partial charge on any atom is -0.465 e. The lowest BCUT2D eigenvalue weighted by Gasteiger charge is -2.10. The minimum absolute atomic E-state index is 0.162. The zero-order valence-corrected chi connectivity index (χ0v) is 15.5. The molecule has 0 atom stereocenters. The molecule has 10 nitrogen and oxygen atoms in total. The van der Waals surface area contributed by atoms with Crippen molar-refractivity contribution in [1.29, 1.82) is 0 Å². The van der Waals surface area contributed by atoms with E-state index in [4.69, 9.17) is 4.74 Å². The Balaban J connectivity index is 1.88. The van der Waals surface area contributed by atoms with E-state index in [1.807, 2.05) is 0 Å². The van der Waals surface area contributed by atoms with Gasteiger partial charge in [-0.05, 0) is 24.6 Å². The van der Waals surface area contributed by atoms with E-state index in [0.29, 0.717) is 22.8 Å². The first-order chi connectivity index (χ1) is 13.4. The number of hydrogen-bond acceptors (Lipinski definition) is 7. The Kier molecular flexibility index (Phi) is 5.30. The number of methoxy groups -OCH3 is 1. The standard InChI is InChI=1S/C18H18N6O4/c1-10-15(18(27)28-3)13(23-16(10)11(2)25)7-14(26)22-12-5-4-6-20-17(12)24-9-19-8-21-24/h4-6,8-9,23H,7H2,1-3H3,(H,22,26). The van der Waals surface area contributed by atoms with Crippen LogP contribution in [0.15, 0.2) is 31.0 Å². The third-order valence-corrected chi connectivity index (χ3v) is 4.10. The van der Waals surface area contributed by atoms with Crippen LogP contribution in [0, 0.1) is 6.92 Å². The Labute approximate surface area is 160 Å². The summed E-state index contributed by atoms with van der Waals surface area (Å²) in [6.07, 6.45) is 4.22. The van der Waals surface area contributed by atoms with Gasteiger partial charge in [-0.15, -0.1) is 0 Å². The highest BCUT2D eigenvalue weighted by atomic mass is 16.5. The Morgan fingerprint density at radius 3 is 2.75 bits per heavy atom. The molecule has 0 aliphatic rings. The molecular weight excluding hydrogens is 364 g/mol. The van der Waals surface area contributed by atoms with Gasteiger partial charge in [0, 0.05) is 18.8 Å². The van der Waals surface area contributed by atoms with Crippen molar-refractivity contribution in [3.8, 4) is 5.82 Å². The van der Waals surface area contributed by atoms with Gasteiger partial charge in [0.2, 0.25) is 5.91 Å². The number of ketones is 1. The first-order valence-corrected chi connectivity index (χ1v) is 8.33. The fourth-order valence-electron chi connectivity index (χ4n) is 2.87. The molecule has 0 unspecified atom stereocenters. The van der Waals surface area contributed by atoms with Crippen molar-refractivity contribution < 1.29 is 19.1 Å². The van der Waals surface area contributed by atoms with E-state index in [0.717, 1.165) is 0 Å². The fourth-order valence-corrected chi connectivity index (χ4v) is 2.87. The summed E-state index contributed by atoms with van der Waals surface area (Å²) in [5.41, 5.74) is 1.64. The van der Waals surface area contributed by atoms with Crippen LogP contribution in [0.5, 0.6) is 0 Å². The number of carbonyl (C=O) groups excluding carboxylic acids is 3. The molecular formula is C18H18N6O4. The average molecular weight is 382 g/mol. The highest BCUT2D eigenvalue weighted by molar-refractivity contribution is 6.02. The van der Waals surface area contributed by atoms with Crippen LogP contribution in [0.2, 0.25) is 0 Å². The number of aromatic amines is 1. The molecule has 3 aromatic rings. The third kappa shape index (κ3) is 3.65. The molecule has 0 aliphatic heterocycles. The quantitative estimate of drug-likeness (QED) is 0.487. The second-order valence-corrected chi connectivity index (χ2v) is 5.97. The largest absolute Gasteiger partial charge is 0.465 e. The molecule has 3 rings (SSSR count). The number of nitrogens with one attached hydrogen (secondary N) is 2. The molecule has 2 N–H and O–H groups in total. The molecule has 0 saturated heterocycles. The van der Waals surface area contributed by atoms with E-state index >= 15 is 0 Å². The highest BCUT2D eigenvalue weighted by Crippen LogP contribution is 2.22. The molecule has 3 aromatic heterocycles. The van der Waals surface area contributed by atoms with Crippen LogP contribution >= 0.6 is 0 Å². The summed E-state index contributed by atoms with van der Waals surface area (Å²) >= 11 is 0. The van der Waals surface area contributed by atoms with Crippen LogP contribution in [0.1, 0.15) is 39.0 Å². The predicted octanol–water partition coefficient (Wildman–Crippen LogP) is 1.47. The maximum Gasteiger partial charge on any atom is 0.339 e. The number of anilines is 1. The van der Waals surface area contributed by atoms with Crippen molar-refractivity contribution in [1.82, 2.24) is 24.7 Å². The molecule has 0 saturated carbocycles. The molecule has 0 aromatic carbocycles. The van der Waals surface area contributed by atoms with Gasteiger partial charge in [0.25, 0.3) is 0 Å². The lowest BCUT2D eigenvalue weighted by molar-refractivity contribution is -0.115. The lowest BCUT2D eigenvalue weighted by atomic mass is 10.1. The van der Waals surface area contributed by atoms with Crippen LogP contribution in [-0.4, -0.2) is 49.5 Å². The van der Waals surface area contributed by atoms with Crippen molar-refractivity contribution >= 4 is 23.3 Å². The van der Waals surface area contributed by atoms with E-state index in [2.05, 4.69) is 25.4 Å². The van der Waals surface area contributed by atoms with Gasteiger partial charge >= 0.3 is 5.97 Å². The van der Waals surface area contributed by atoms with Gasteiger partial charge in [0.15, 0.2) is 11.6 Å². The van der Waals surface area contributed by atoms with E-state index in [-0.39, 0.29) is 23.5 Å². The predicted molar refractivity (Wildman–Crippen MR) is 98.4 cm³/mol. The highest BCUT2D eigenvalue weighted by Gasteiger charge is 2.24. The third-order valence-electron chi connectivity index (χ3n) is 4.10. The van der Waals surface area contributed by atoms with Crippen molar-refractivity contribution in [3.05, 3.63) is 53.5 Å². The number of aromatic nitrogens is 5. The number of H-pyrrole nitrogens is 1. The van der Waals surface area contributed by atoms with Crippen LogP contribution in [-0.2, 0) is 16.0 Å². The number of carbonyl (C=O) groups is 3. The van der Waals surface area contributed by atoms with E-state index in [1.165, 1.54) is 31.4 Å². The number of pyridine rings is 1. The molecule has 0 spiro atoms. The number of hydrogen-bond donors (Lipinski definition) is 2. The summed E-state index contributed by atoms with van der Waals surface area (Å²) in [7, 11) is 1.24. The number of nitrogens with zero attached hydrogens (tertiary/aromatic N) is 4. The summed E-state index contributed by atoms with van der Waals surface area (Å²) in [4.78, 5) is 47.5. The monoisotopic (exact) mass is 382 g/mol. The second kappa shape index (κ2) is 7.82. The summed E-state index contributed by atoms with van der Waals surface area (Å²) in [5, 5.41) is 6.75. The number of rotatable bonds is 6. The van der Waals surface area contributed by atoms with Crippen LogP contribution < -0.4 is 5.32 Å². The van der Waals surface area contributed by atoms with E-state index < -0.39 is 11.9 Å². The van der Waals surface area contributed by atoms with Gasteiger partial charge in [-0.3, -0.25) is 9.59 Å². The van der Waals surface area contributed by atoms with Crippen LogP contribution in [0.25, 0.3) is 5.82 Å². The zero-order chi connectivity index (χ0) is 20.3. The maximum absolute atomic E-state index is 12.6. The molecule has 3 heterocycles. The maximum atomic E-state index is 12.6. The Hall–Kier alpha value is -3.82. The minimum atomic E-state index is -0.617.